The van der Waals surface area contributed by atoms with Gasteiger partial charge in [-0.3, -0.25) is 4.79 Å². The zero-order chi connectivity index (χ0) is 11.7. The lowest BCUT2D eigenvalue weighted by atomic mass is 10.1. The fourth-order valence-electron chi connectivity index (χ4n) is 1.92. The lowest BCUT2D eigenvalue weighted by Crippen LogP contribution is -2.30. The van der Waals surface area contributed by atoms with E-state index in [0.717, 1.165) is 10.0 Å². The van der Waals surface area contributed by atoms with Gasteiger partial charge in [-0.25, -0.2) is 0 Å². The number of amides is 1. The van der Waals surface area contributed by atoms with E-state index in [1.807, 2.05) is 25.1 Å². The third kappa shape index (κ3) is 2.28. The quantitative estimate of drug-likeness (QED) is 0.856. The molecule has 0 unspecified atom stereocenters. The zero-order valence-corrected chi connectivity index (χ0v) is 10.7. The molecule has 86 valence electrons. The molecule has 0 aromatic heterocycles. The van der Waals surface area contributed by atoms with Crippen LogP contribution in [-0.2, 0) is 0 Å². The van der Waals surface area contributed by atoms with Gasteiger partial charge in [0.1, 0.15) is 0 Å². The third-order valence-electron chi connectivity index (χ3n) is 2.88. The van der Waals surface area contributed by atoms with E-state index in [0.29, 0.717) is 25.1 Å². The molecule has 1 amide bonds. The summed E-state index contributed by atoms with van der Waals surface area (Å²) in [6.07, 6.45) is 0.315. The standard InChI is InChI=1S/C12H14BrNO2/c1-8-2-3-9(13)6-11(8)12(16)14-5-4-10(15)7-14/h2-3,6,10,15H,4-5,7H2,1H3/t10-/m1/s1. The minimum Gasteiger partial charge on any atom is -0.391 e. The number of aliphatic hydroxyl groups excluding tert-OH is 1. The molecule has 1 aromatic carbocycles. The zero-order valence-electron chi connectivity index (χ0n) is 9.11. The second kappa shape index (κ2) is 4.55. The predicted octanol–water partition coefficient (Wildman–Crippen LogP) is 1.96. The molecule has 3 nitrogen and oxygen atoms in total. The Morgan fingerprint density at radius 3 is 2.94 bits per heavy atom. The average molecular weight is 284 g/mol. The highest BCUT2D eigenvalue weighted by atomic mass is 79.9. The van der Waals surface area contributed by atoms with E-state index in [1.165, 1.54) is 0 Å². The molecule has 0 radical (unpaired) electrons. The number of benzene rings is 1. The lowest BCUT2D eigenvalue weighted by molar-refractivity contribution is 0.0764. The van der Waals surface area contributed by atoms with Crippen molar-refractivity contribution in [3.8, 4) is 0 Å². The molecule has 1 N–H and O–H groups in total. The van der Waals surface area contributed by atoms with Crippen LogP contribution >= 0.6 is 15.9 Å². The topological polar surface area (TPSA) is 40.5 Å². The van der Waals surface area contributed by atoms with Crippen molar-refractivity contribution < 1.29 is 9.90 Å². The Kier molecular flexibility index (Phi) is 3.30. The first-order valence-corrected chi connectivity index (χ1v) is 6.10. The Hall–Kier alpha value is -0.870. The summed E-state index contributed by atoms with van der Waals surface area (Å²) in [7, 11) is 0. The molecule has 2 rings (SSSR count). The molecule has 0 saturated carbocycles. The molecular formula is C12H14BrNO2. The number of likely N-dealkylation sites (tertiary alicyclic amines) is 1. The summed E-state index contributed by atoms with van der Waals surface area (Å²) in [5, 5.41) is 9.42. The van der Waals surface area contributed by atoms with Gasteiger partial charge in [-0.15, -0.1) is 0 Å². The summed E-state index contributed by atoms with van der Waals surface area (Å²) in [6, 6.07) is 5.68. The van der Waals surface area contributed by atoms with E-state index in [9.17, 15) is 9.90 Å². The normalized spacial score (nSPS) is 20.2. The summed E-state index contributed by atoms with van der Waals surface area (Å²) < 4.78 is 0.904. The van der Waals surface area contributed by atoms with Crippen LogP contribution in [0, 0.1) is 6.92 Å². The Bertz CT molecular complexity index is 419. The summed E-state index contributed by atoms with van der Waals surface area (Å²) in [6.45, 7) is 3.02. The van der Waals surface area contributed by atoms with Crippen LogP contribution in [0.4, 0.5) is 0 Å². The summed E-state index contributed by atoms with van der Waals surface area (Å²) >= 11 is 3.36. The first kappa shape index (κ1) is 11.6. The van der Waals surface area contributed by atoms with Gasteiger partial charge in [0.05, 0.1) is 6.10 Å². The summed E-state index contributed by atoms with van der Waals surface area (Å²) in [4.78, 5) is 13.9. The molecule has 4 heteroatoms. The van der Waals surface area contributed by atoms with Gasteiger partial charge in [0.2, 0.25) is 0 Å². The SMILES string of the molecule is Cc1ccc(Br)cc1C(=O)N1CC[C@@H](O)C1. The van der Waals surface area contributed by atoms with Gasteiger partial charge in [-0.2, -0.15) is 0 Å². The molecule has 0 bridgehead atoms. The highest BCUT2D eigenvalue weighted by molar-refractivity contribution is 9.10. The van der Waals surface area contributed by atoms with Gasteiger partial charge in [0.15, 0.2) is 0 Å². The molecule has 1 fully saturated rings. The van der Waals surface area contributed by atoms with Crippen LogP contribution in [0.15, 0.2) is 22.7 Å². The van der Waals surface area contributed by atoms with Crippen LogP contribution in [0.3, 0.4) is 0 Å². The Balaban J connectivity index is 2.23. The third-order valence-corrected chi connectivity index (χ3v) is 3.37. The number of aryl methyl sites for hydroxylation is 1. The number of hydrogen-bond donors (Lipinski definition) is 1. The number of carbonyl (C=O) groups excluding carboxylic acids is 1. The highest BCUT2D eigenvalue weighted by Crippen LogP contribution is 2.20. The smallest absolute Gasteiger partial charge is 0.254 e. The van der Waals surface area contributed by atoms with Gasteiger partial charge in [-0.1, -0.05) is 22.0 Å². The second-order valence-electron chi connectivity index (χ2n) is 4.15. The molecule has 1 aliphatic heterocycles. The minimum atomic E-state index is -0.364. The maximum Gasteiger partial charge on any atom is 0.254 e. The van der Waals surface area contributed by atoms with Crippen LogP contribution in [-0.4, -0.2) is 35.1 Å². The van der Waals surface area contributed by atoms with Crippen LogP contribution < -0.4 is 0 Å². The van der Waals surface area contributed by atoms with E-state index in [1.54, 1.807) is 4.90 Å². The number of β-amino-alcohol motifs (C(OH)–C–C–N with tert-alkyl or cyclic N) is 1. The first-order chi connectivity index (χ1) is 7.58. The van der Waals surface area contributed by atoms with Gasteiger partial charge in [-0.05, 0) is 31.0 Å². The number of nitrogens with zero attached hydrogens (tertiary/aromatic N) is 1. The predicted molar refractivity (Wildman–Crippen MR) is 65.4 cm³/mol. The number of hydrogen-bond acceptors (Lipinski definition) is 2. The van der Waals surface area contributed by atoms with Crippen molar-refractivity contribution in [2.45, 2.75) is 19.4 Å². The first-order valence-electron chi connectivity index (χ1n) is 5.31. The van der Waals surface area contributed by atoms with Gasteiger partial charge in [0.25, 0.3) is 5.91 Å². The van der Waals surface area contributed by atoms with Crippen LogP contribution in [0.25, 0.3) is 0 Å². The van der Waals surface area contributed by atoms with Crippen molar-refractivity contribution in [1.82, 2.24) is 4.90 Å². The molecule has 0 spiro atoms. The van der Waals surface area contributed by atoms with Crippen molar-refractivity contribution >= 4 is 21.8 Å². The molecular weight excluding hydrogens is 270 g/mol. The monoisotopic (exact) mass is 283 g/mol. The van der Waals surface area contributed by atoms with Crippen molar-refractivity contribution in [2.24, 2.45) is 0 Å². The van der Waals surface area contributed by atoms with Crippen molar-refractivity contribution in [2.75, 3.05) is 13.1 Å². The summed E-state index contributed by atoms with van der Waals surface area (Å²) in [5.41, 5.74) is 1.68. The minimum absolute atomic E-state index is 0.00958. The molecule has 1 saturated heterocycles. The molecule has 16 heavy (non-hydrogen) atoms. The van der Waals surface area contributed by atoms with Crippen LogP contribution in [0.1, 0.15) is 22.3 Å². The lowest BCUT2D eigenvalue weighted by Gasteiger charge is -2.17. The molecule has 0 aliphatic carbocycles. The van der Waals surface area contributed by atoms with E-state index >= 15 is 0 Å². The van der Waals surface area contributed by atoms with E-state index in [4.69, 9.17) is 0 Å². The molecule has 1 atom stereocenters. The highest BCUT2D eigenvalue weighted by Gasteiger charge is 2.26. The van der Waals surface area contributed by atoms with Gasteiger partial charge < -0.3 is 10.0 Å². The fraction of sp³-hybridized carbons (Fsp3) is 0.417. The van der Waals surface area contributed by atoms with E-state index < -0.39 is 0 Å². The maximum atomic E-state index is 12.2. The molecule has 1 aromatic rings. The number of aliphatic hydroxyl groups is 1. The number of rotatable bonds is 1. The van der Waals surface area contributed by atoms with Gasteiger partial charge >= 0.3 is 0 Å². The Morgan fingerprint density at radius 1 is 1.56 bits per heavy atom. The largest absolute Gasteiger partial charge is 0.391 e. The molecule has 1 heterocycles. The van der Waals surface area contributed by atoms with Crippen LogP contribution in [0.5, 0.6) is 0 Å². The number of carbonyl (C=O) groups is 1. The fourth-order valence-corrected chi connectivity index (χ4v) is 2.28. The Morgan fingerprint density at radius 2 is 2.31 bits per heavy atom. The average Bonchev–Trinajstić information content (AvgIpc) is 2.67. The van der Waals surface area contributed by atoms with E-state index in [2.05, 4.69) is 15.9 Å². The summed E-state index contributed by atoms with van der Waals surface area (Å²) in [5.74, 6) is 0.00958. The van der Waals surface area contributed by atoms with Crippen LogP contribution in [0.2, 0.25) is 0 Å². The maximum absolute atomic E-state index is 12.2. The van der Waals surface area contributed by atoms with Crippen molar-refractivity contribution in [3.63, 3.8) is 0 Å². The van der Waals surface area contributed by atoms with Crippen molar-refractivity contribution in [3.05, 3.63) is 33.8 Å². The molecule has 1 aliphatic rings. The van der Waals surface area contributed by atoms with Crippen molar-refractivity contribution in [1.29, 1.82) is 0 Å². The van der Waals surface area contributed by atoms with Gasteiger partial charge in [0, 0.05) is 23.1 Å². The second-order valence-corrected chi connectivity index (χ2v) is 5.07. The van der Waals surface area contributed by atoms with E-state index in [-0.39, 0.29) is 12.0 Å². The Labute approximate surface area is 103 Å². The number of halogens is 1.